The average Bonchev–Trinajstić information content (AvgIpc) is 3.58. The number of fused-ring (bicyclic) bond motifs is 3. The van der Waals surface area contributed by atoms with Crippen molar-refractivity contribution in [2.45, 2.75) is 19.3 Å². The molecule has 3 heteroatoms. The van der Waals surface area contributed by atoms with Crippen molar-refractivity contribution in [1.82, 2.24) is 15.0 Å². The highest BCUT2D eigenvalue weighted by Gasteiger charge is 2.47. The first kappa shape index (κ1) is 34.3. The number of rotatable bonds is 7. The van der Waals surface area contributed by atoms with Gasteiger partial charge in [-0.3, -0.25) is 4.98 Å². The molecule has 1 aliphatic rings. The number of aromatic nitrogens is 3. The van der Waals surface area contributed by atoms with Crippen LogP contribution in [0.5, 0.6) is 0 Å². The molecule has 0 fully saturated rings. The van der Waals surface area contributed by atoms with E-state index in [-0.39, 0.29) is 0 Å². The number of hydrogen-bond acceptors (Lipinski definition) is 3. The fourth-order valence-corrected chi connectivity index (χ4v) is 8.99. The van der Waals surface area contributed by atoms with Crippen LogP contribution in [0.25, 0.3) is 67.2 Å². The van der Waals surface area contributed by atoms with Crippen LogP contribution in [0.2, 0.25) is 0 Å². The molecule has 0 N–H and O–H groups in total. The van der Waals surface area contributed by atoms with Crippen molar-refractivity contribution in [3.63, 3.8) is 0 Å². The summed E-state index contributed by atoms with van der Waals surface area (Å²) in [4.78, 5) is 14.7. The van der Waals surface area contributed by atoms with Gasteiger partial charge in [0.25, 0.3) is 0 Å². The summed E-state index contributed by atoms with van der Waals surface area (Å²) in [5, 5.41) is 0. The van der Waals surface area contributed by atoms with Crippen molar-refractivity contribution in [3.8, 4) is 67.2 Å². The third kappa shape index (κ3) is 5.79. The highest BCUT2D eigenvalue weighted by molar-refractivity contribution is 5.99. The molecule has 0 amide bonds. The first-order valence-electron chi connectivity index (χ1n) is 19.5. The van der Waals surface area contributed by atoms with Crippen LogP contribution >= 0.6 is 0 Å². The third-order valence-corrected chi connectivity index (χ3v) is 11.5. The number of pyridine rings is 1. The van der Waals surface area contributed by atoms with Crippen LogP contribution in [-0.2, 0) is 5.41 Å². The standard InChI is InChI=1S/C54H39N3/c1-36-33-51(38-17-5-3-6-18-38)57-53(56-36)41-21-14-24-43(35-41)54(42-22-7-4-8-23-42)49-30-12-11-27-48(49)52-47(28-15-31-50(52)54)46-26-10-9-25-45(46)40-20-13-19-39(34-40)44-29-16-32-55-37(44)2/h3-35H,1-2H3. The quantitative estimate of drug-likeness (QED) is 0.164. The highest BCUT2D eigenvalue weighted by atomic mass is 14.9. The van der Waals surface area contributed by atoms with E-state index < -0.39 is 5.41 Å². The Hall–Kier alpha value is -7.23. The Morgan fingerprint density at radius 2 is 0.965 bits per heavy atom. The zero-order chi connectivity index (χ0) is 38.3. The van der Waals surface area contributed by atoms with Gasteiger partial charge in [-0.2, -0.15) is 0 Å². The third-order valence-electron chi connectivity index (χ3n) is 11.5. The van der Waals surface area contributed by atoms with Crippen LogP contribution in [0, 0.1) is 13.8 Å². The lowest BCUT2D eigenvalue weighted by Gasteiger charge is -2.34. The van der Waals surface area contributed by atoms with E-state index in [1.165, 1.54) is 55.6 Å². The van der Waals surface area contributed by atoms with Gasteiger partial charge in [0.1, 0.15) is 0 Å². The first-order chi connectivity index (χ1) is 28.1. The molecule has 0 spiro atoms. The monoisotopic (exact) mass is 729 g/mol. The van der Waals surface area contributed by atoms with Crippen molar-refractivity contribution in [2.75, 3.05) is 0 Å². The predicted molar refractivity (Wildman–Crippen MR) is 234 cm³/mol. The molecule has 10 rings (SSSR count). The molecule has 0 aliphatic heterocycles. The SMILES string of the molecule is Cc1cc(-c2ccccc2)nc(-c2cccc(C3(c4ccccc4)c4ccccc4-c4c(-c5ccccc5-c5cccc(-c6cccnc6C)c5)cccc43)c2)n1. The van der Waals surface area contributed by atoms with Crippen LogP contribution < -0.4 is 0 Å². The molecule has 1 aliphatic carbocycles. The summed E-state index contributed by atoms with van der Waals surface area (Å²) in [6.07, 6.45) is 1.86. The predicted octanol–water partition coefficient (Wildman–Crippen LogP) is 13.2. The number of hydrogen-bond donors (Lipinski definition) is 0. The summed E-state index contributed by atoms with van der Waals surface area (Å²) in [6, 6.07) is 70.0. The van der Waals surface area contributed by atoms with E-state index in [0.717, 1.165) is 45.2 Å². The lowest BCUT2D eigenvalue weighted by atomic mass is 9.67. The summed E-state index contributed by atoms with van der Waals surface area (Å²) in [5.41, 5.74) is 18.8. The fourth-order valence-electron chi connectivity index (χ4n) is 8.99. The molecule has 2 aromatic heterocycles. The van der Waals surface area contributed by atoms with Crippen molar-refractivity contribution in [1.29, 1.82) is 0 Å². The van der Waals surface area contributed by atoms with Gasteiger partial charge in [-0.05, 0) is 99.3 Å². The molecule has 270 valence electrons. The fraction of sp³-hybridized carbons (Fsp3) is 0.0556. The summed E-state index contributed by atoms with van der Waals surface area (Å²) in [7, 11) is 0. The van der Waals surface area contributed by atoms with Crippen LogP contribution in [0.1, 0.15) is 33.6 Å². The van der Waals surface area contributed by atoms with E-state index in [2.05, 4.69) is 194 Å². The Kier molecular flexibility index (Phi) is 8.49. The molecule has 9 aromatic rings. The minimum Gasteiger partial charge on any atom is -0.261 e. The Morgan fingerprint density at radius 1 is 0.386 bits per heavy atom. The van der Waals surface area contributed by atoms with Gasteiger partial charge < -0.3 is 0 Å². The second kappa shape index (κ2) is 14.1. The van der Waals surface area contributed by atoms with Gasteiger partial charge in [0.05, 0.1) is 11.1 Å². The van der Waals surface area contributed by atoms with E-state index in [0.29, 0.717) is 0 Å². The Labute approximate surface area is 334 Å². The number of aryl methyl sites for hydroxylation is 2. The topological polar surface area (TPSA) is 38.7 Å². The molecule has 0 radical (unpaired) electrons. The molecule has 0 bridgehead atoms. The van der Waals surface area contributed by atoms with Crippen LogP contribution in [0.15, 0.2) is 200 Å². The molecular weight excluding hydrogens is 691 g/mol. The Morgan fingerprint density at radius 3 is 1.77 bits per heavy atom. The van der Waals surface area contributed by atoms with Crippen LogP contribution in [-0.4, -0.2) is 15.0 Å². The molecule has 0 saturated heterocycles. The lowest BCUT2D eigenvalue weighted by Crippen LogP contribution is -2.28. The first-order valence-corrected chi connectivity index (χ1v) is 19.5. The summed E-state index contributed by atoms with van der Waals surface area (Å²) >= 11 is 0. The smallest absolute Gasteiger partial charge is 0.160 e. The molecule has 0 saturated carbocycles. The van der Waals surface area contributed by atoms with Crippen LogP contribution in [0.3, 0.4) is 0 Å². The zero-order valence-corrected chi connectivity index (χ0v) is 31.9. The second-order valence-corrected chi connectivity index (χ2v) is 14.8. The van der Waals surface area contributed by atoms with E-state index in [4.69, 9.17) is 9.97 Å². The largest absolute Gasteiger partial charge is 0.261 e. The van der Waals surface area contributed by atoms with Gasteiger partial charge in [-0.25, -0.2) is 9.97 Å². The Balaban J connectivity index is 1.19. The molecule has 3 nitrogen and oxygen atoms in total. The van der Waals surface area contributed by atoms with Gasteiger partial charge >= 0.3 is 0 Å². The van der Waals surface area contributed by atoms with Crippen molar-refractivity contribution in [3.05, 3.63) is 234 Å². The second-order valence-electron chi connectivity index (χ2n) is 14.8. The summed E-state index contributed by atoms with van der Waals surface area (Å²) < 4.78 is 0. The molecular formula is C54H39N3. The van der Waals surface area contributed by atoms with E-state index >= 15 is 0 Å². The number of benzene rings is 7. The van der Waals surface area contributed by atoms with Gasteiger partial charge in [-0.15, -0.1) is 0 Å². The summed E-state index contributed by atoms with van der Waals surface area (Å²) in [5.74, 6) is 0.719. The van der Waals surface area contributed by atoms with Crippen LogP contribution in [0.4, 0.5) is 0 Å². The normalized spacial score (nSPS) is 14.2. The van der Waals surface area contributed by atoms with Gasteiger partial charge in [0.2, 0.25) is 0 Å². The van der Waals surface area contributed by atoms with Gasteiger partial charge in [0, 0.05) is 34.3 Å². The summed E-state index contributed by atoms with van der Waals surface area (Å²) in [6.45, 7) is 4.12. The van der Waals surface area contributed by atoms with Crippen molar-refractivity contribution in [2.24, 2.45) is 0 Å². The van der Waals surface area contributed by atoms with Gasteiger partial charge in [0.15, 0.2) is 5.82 Å². The average molecular weight is 730 g/mol. The molecule has 57 heavy (non-hydrogen) atoms. The van der Waals surface area contributed by atoms with E-state index in [1.807, 2.05) is 25.3 Å². The van der Waals surface area contributed by atoms with E-state index in [1.54, 1.807) is 0 Å². The van der Waals surface area contributed by atoms with Crippen molar-refractivity contribution >= 4 is 0 Å². The Bertz CT molecular complexity index is 2930. The number of nitrogens with zero attached hydrogens (tertiary/aromatic N) is 3. The molecule has 1 unspecified atom stereocenters. The van der Waals surface area contributed by atoms with E-state index in [9.17, 15) is 0 Å². The van der Waals surface area contributed by atoms with Crippen molar-refractivity contribution < 1.29 is 0 Å². The van der Waals surface area contributed by atoms with Gasteiger partial charge in [-0.1, -0.05) is 170 Å². The minimum absolute atomic E-state index is 0.599. The minimum atomic E-state index is -0.599. The maximum atomic E-state index is 5.13. The zero-order valence-electron chi connectivity index (χ0n) is 31.9. The molecule has 2 heterocycles. The maximum absolute atomic E-state index is 5.13. The lowest BCUT2D eigenvalue weighted by molar-refractivity contribution is 0.768. The molecule has 1 atom stereocenters. The molecule has 7 aromatic carbocycles. The highest BCUT2D eigenvalue weighted by Crippen LogP contribution is 2.59. The maximum Gasteiger partial charge on any atom is 0.160 e.